The standard InChI is InChI=1S/C12H16F2N2O/c13-9-1-2-11(14)12(7-9)16-4-3-10-8-17-6-5-15-10/h1-2,7,10,15-16H,3-6,8H2. The van der Waals surface area contributed by atoms with E-state index in [1.165, 1.54) is 6.07 Å². The van der Waals surface area contributed by atoms with Crippen molar-refractivity contribution in [1.29, 1.82) is 0 Å². The molecule has 0 spiro atoms. The molecule has 0 radical (unpaired) electrons. The zero-order chi connectivity index (χ0) is 12.1. The third-order valence-corrected chi connectivity index (χ3v) is 2.74. The maximum Gasteiger partial charge on any atom is 0.146 e. The zero-order valence-electron chi connectivity index (χ0n) is 9.51. The zero-order valence-corrected chi connectivity index (χ0v) is 9.51. The maximum atomic E-state index is 13.3. The second-order valence-corrected chi connectivity index (χ2v) is 4.07. The molecule has 2 rings (SSSR count). The van der Waals surface area contributed by atoms with Crippen LogP contribution in [0.25, 0.3) is 0 Å². The summed E-state index contributed by atoms with van der Waals surface area (Å²) in [5.41, 5.74) is 0.210. The molecule has 0 aliphatic carbocycles. The van der Waals surface area contributed by atoms with Gasteiger partial charge in [0, 0.05) is 19.1 Å². The predicted octanol–water partition coefficient (Wildman–Crippen LogP) is 1.76. The molecule has 1 heterocycles. The van der Waals surface area contributed by atoms with Gasteiger partial charge in [0.25, 0.3) is 0 Å². The average Bonchev–Trinajstić information content (AvgIpc) is 2.35. The van der Waals surface area contributed by atoms with E-state index in [9.17, 15) is 8.78 Å². The molecule has 94 valence electrons. The molecule has 3 nitrogen and oxygen atoms in total. The van der Waals surface area contributed by atoms with Crippen LogP contribution in [-0.4, -0.2) is 32.3 Å². The minimum atomic E-state index is -0.437. The van der Waals surface area contributed by atoms with Crippen LogP contribution in [0.3, 0.4) is 0 Å². The second-order valence-electron chi connectivity index (χ2n) is 4.07. The van der Waals surface area contributed by atoms with Gasteiger partial charge in [-0.1, -0.05) is 0 Å². The number of halogens is 2. The summed E-state index contributed by atoms with van der Waals surface area (Å²) in [4.78, 5) is 0. The van der Waals surface area contributed by atoms with Gasteiger partial charge in [-0.15, -0.1) is 0 Å². The number of anilines is 1. The monoisotopic (exact) mass is 242 g/mol. The highest BCUT2D eigenvalue weighted by Gasteiger charge is 2.12. The summed E-state index contributed by atoms with van der Waals surface area (Å²) in [7, 11) is 0. The third kappa shape index (κ3) is 3.64. The van der Waals surface area contributed by atoms with Crippen LogP contribution >= 0.6 is 0 Å². The summed E-state index contributed by atoms with van der Waals surface area (Å²) in [6, 6.07) is 3.68. The largest absolute Gasteiger partial charge is 0.383 e. The Kier molecular flexibility index (Phi) is 4.28. The molecule has 0 aromatic heterocycles. The van der Waals surface area contributed by atoms with Gasteiger partial charge < -0.3 is 15.4 Å². The Hall–Kier alpha value is -1.20. The van der Waals surface area contributed by atoms with Gasteiger partial charge in [0.05, 0.1) is 18.9 Å². The van der Waals surface area contributed by atoms with Crippen molar-refractivity contribution >= 4 is 5.69 Å². The molecule has 1 saturated heterocycles. The first-order valence-corrected chi connectivity index (χ1v) is 5.76. The molecule has 2 N–H and O–H groups in total. The summed E-state index contributed by atoms with van der Waals surface area (Å²) >= 11 is 0. The Labute approximate surface area is 99.2 Å². The quantitative estimate of drug-likeness (QED) is 0.844. The fourth-order valence-corrected chi connectivity index (χ4v) is 1.82. The summed E-state index contributed by atoms with van der Waals surface area (Å²) < 4.78 is 31.5. The third-order valence-electron chi connectivity index (χ3n) is 2.74. The Balaban J connectivity index is 1.79. The number of ether oxygens (including phenoxy) is 1. The van der Waals surface area contributed by atoms with Gasteiger partial charge in [0.1, 0.15) is 11.6 Å². The molecule has 17 heavy (non-hydrogen) atoms. The fraction of sp³-hybridized carbons (Fsp3) is 0.500. The molecule has 1 unspecified atom stereocenters. The van der Waals surface area contributed by atoms with Crippen LogP contribution in [-0.2, 0) is 4.74 Å². The SMILES string of the molecule is Fc1ccc(F)c(NCCC2COCCN2)c1. The highest BCUT2D eigenvalue weighted by atomic mass is 19.1. The lowest BCUT2D eigenvalue weighted by Gasteiger charge is -2.23. The van der Waals surface area contributed by atoms with Crippen molar-refractivity contribution in [2.75, 3.05) is 31.6 Å². The van der Waals surface area contributed by atoms with Crippen LogP contribution in [0, 0.1) is 11.6 Å². The molecule has 1 aromatic rings. The van der Waals surface area contributed by atoms with Crippen molar-refractivity contribution in [2.45, 2.75) is 12.5 Å². The smallest absolute Gasteiger partial charge is 0.146 e. The van der Waals surface area contributed by atoms with E-state index in [0.29, 0.717) is 13.2 Å². The van der Waals surface area contributed by atoms with E-state index in [0.717, 1.165) is 31.7 Å². The van der Waals surface area contributed by atoms with Crippen LogP contribution in [0.15, 0.2) is 18.2 Å². The molecule has 1 aromatic carbocycles. The molecule has 1 aliphatic rings. The molecule has 1 aliphatic heterocycles. The first-order chi connectivity index (χ1) is 8.25. The number of morpholine rings is 1. The summed E-state index contributed by atoms with van der Waals surface area (Å²) in [6.45, 7) is 2.84. The number of nitrogens with one attached hydrogen (secondary N) is 2. The van der Waals surface area contributed by atoms with Crippen LogP contribution < -0.4 is 10.6 Å². The van der Waals surface area contributed by atoms with Crippen molar-refractivity contribution in [1.82, 2.24) is 5.32 Å². The van der Waals surface area contributed by atoms with Gasteiger partial charge in [-0.3, -0.25) is 0 Å². The minimum absolute atomic E-state index is 0.210. The van der Waals surface area contributed by atoms with Gasteiger partial charge in [-0.2, -0.15) is 0 Å². The van der Waals surface area contributed by atoms with Crippen molar-refractivity contribution < 1.29 is 13.5 Å². The van der Waals surface area contributed by atoms with Crippen LogP contribution in [0.1, 0.15) is 6.42 Å². The van der Waals surface area contributed by atoms with E-state index in [-0.39, 0.29) is 11.7 Å². The summed E-state index contributed by atoms with van der Waals surface area (Å²) in [6.07, 6.45) is 0.815. The molecule has 5 heteroatoms. The molecule has 0 amide bonds. The maximum absolute atomic E-state index is 13.3. The fourth-order valence-electron chi connectivity index (χ4n) is 1.82. The van der Waals surface area contributed by atoms with E-state index in [1.54, 1.807) is 0 Å². The van der Waals surface area contributed by atoms with Gasteiger partial charge in [0.15, 0.2) is 0 Å². The van der Waals surface area contributed by atoms with Crippen molar-refractivity contribution in [2.24, 2.45) is 0 Å². The van der Waals surface area contributed by atoms with Crippen LogP contribution in [0.4, 0.5) is 14.5 Å². The number of benzene rings is 1. The van der Waals surface area contributed by atoms with Crippen molar-refractivity contribution in [3.8, 4) is 0 Å². The number of hydrogen-bond donors (Lipinski definition) is 2. The topological polar surface area (TPSA) is 33.3 Å². The Morgan fingerprint density at radius 1 is 1.41 bits per heavy atom. The lowest BCUT2D eigenvalue weighted by Crippen LogP contribution is -2.42. The van der Waals surface area contributed by atoms with E-state index in [1.807, 2.05) is 0 Å². The Bertz CT molecular complexity index is 368. The average molecular weight is 242 g/mol. The van der Waals surface area contributed by atoms with Gasteiger partial charge in [-0.25, -0.2) is 8.78 Å². The normalized spacial score (nSPS) is 20.2. The van der Waals surface area contributed by atoms with Crippen LogP contribution in [0.5, 0.6) is 0 Å². The van der Waals surface area contributed by atoms with Gasteiger partial charge in [0.2, 0.25) is 0 Å². The van der Waals surface area contributed by atoms with Crippen LogP contribution in [0.2, 0.25) is 0 Å². The minimum Gasteiger partial charge on any atom is -0.383 e. The van der Waals surface area contributed by atoms with Gasteiger partial charge >= 0.3 is 0 Å². The molecular formula is C12H16F2N2O. The predicted molar refractivity (Wildman–Crippen MR) is 62.1 cm³/mol. The van der Waals surface area contributed by atoms with Gasteiger partial charge in [-0.05, 0) is 24.6 Å². The number of rotatable bonds is 4. The highest BCUT2D eigenvalue weighted by molar-refractivity contribution is 5.44. The van der Waals surface area contributed by atoms with E-state index in [2.05, 4.69) is 10.6 Å². The van der Waals surface area contributed by atoms with Crippen molar-refractivity contribution in [3.63, 3.8) is 0 Å². The molecule has 0 bridgehead atoms. The molecule has 1 fully saturated rings. The summed E-state index contributed by atoms with van der Waals surface area (Å²) in [5.74, 6) is -0.868. The first kappa shape index (κ1) is 12.3. The Morgan fingerprint density at radius 3 is 3.06 bits per heavy atom. The molecule has 0 saturated carbocycles. The van der Waals surface area contributed by atoms with Crippen molar-refractivity contribution in [3.05, 3.63) is 29.8 Å². The highest BCUT2D eigenvalue weighted by Crippen LogP contribution is 2.15. The van der Waals surface area contributed by atoms with E-state index in [4.69, 9.17) is 4.74 Å². The number of hydrogen-bond acceptors (Lipinski definition) is 3. The molecular weight excluding hydrogens is 226 g/mol. The van der Waals surface area contributed by atoms with E-state index >= 15 is 0 Å². The van der Waals surface area contributed by atoms with E-state index < -0.39 is 11.6 Å². The first-order valence-electron chi connectivity index (χ1n) is 5.76. The lowest BCUT2D eigenvalue weighted by molar-refractivity contribution is 0.0753. The lowest BCUT2D eigenvalue weighted by atomic mass is 10.2. The second kappa shape index (κ2) is 5.93. The Morgan fingerprint density at radius 2 is 2.29 bits per heavy atom. The summed E-state index contributed by atoms with van der Waals surface area (Å²) in [5, 5.41) is 6.19. The molecule has 1 atom stereocenters.